The lowest BCUT2D eigenvalue weighted by atomic mass is 10.2. The van der Waals surface area contributed by atoms with Crippen molar-refractivity contribution in [2.75, 3.05) is 5.32 Å². The Morgan fingerprint density at radius 2 is 2.23 bits per heavy atom. The Bertz CT molecular complexity index is 724. The standard InChI is InChI=1S/C13H13BrN4O4/c1-7-10(14)6-17(16-7)8(2)13(20)15-11-5-9(18(21)22)3-4-12(11)19/h3-6,8,19H,1-2H3,(H,15,20). The molecule has 0 aliphatic heterocycles. The Morgan fingerprint density at radius 1 is 1.55 bits per heavy atom. The molecule has 1 amide bonds. The predicted molar refractivity (Wildman–Crippen MR) is 82.8 cm³/mol. The summed E-state index contributed by atoms with van der Waals surface area (Å²) < 4.78 is 2.23. The van der Waals surface area contributed by atoms with E-state index in [2.05, 4.69) is 26.3 Å². The van der Waals surface area contributed by atoms with E-state index >= 15 is 0 Å². The Balaban J connectivity index is 2.21. The lowest BCUT2D eigenvalue weighted by Crippen LogP contribution is -2.24. The number of nitro groups is 1. The van der Waals surface area contributed by atoms with E-state index in [1.54, 1.807) is 20.0 Å². The van der Waals surface area contributed by atoms with Gasteiger partial charge in [-0.15, -0.1) is 0 Å². The monoisotopic (exact) mass is 368 g/mol. The van der Waals surface area contributed by atoms with Crippen LogP contribution in [0.15, 0.2) is 28.9 Å². The lowest BCUT2D eigenvalue weighted by molar-refractivity contribution is -0.384. The highest BCUT2D eigenvalue weighted by Crippen LogP contribution is 2.28. The van der Waals surface area contributed by atoms with Crippen LogP contribution in [0.3, 0.4) is 0 Å². The Kier molecular flexibility index (Phi) is 4.45. The van der Waals surface area contributed by atoms with E-state index in [1.807, 2.05) is 0 Å². The molecule has 116 valence electrons. The molecule has 0 saturated carbocycles. The molecule has 0 saturated heterocycles. The number of benzene rings is 1. The molecule has 0 spiro atoms. The molecule has 1 heterocycles. The SMILES string of the molecule is Cc1nn(C(C)C(=O)Nc2cc([N+](=O)[O-])ccc2O)cc1Br. The maximum Gasteiger partial charge on any atom is 0.271 e. The predicted octanol–water partition coefficient (Wildman–Crippen LogP) is 2.77. The first kappa shape index (κ1) is 16.0. The van der Waals surface area contributed by atoms with Crippen molar-refractivity contribution in [3.8, 4) is 5.75 Å². The van der Waals surface area contributed by atoms with E-state index in [-0.39, 0.29) is 17.1 Å². The number of phenols is 1. The molecule has 1 atom stereocenters. The second-order valence-electron chi connectivity index (χ2n) is 4.67. The van der Waals surface area contributed by atoms with Crippen LogP contribution in [-0.4, -0.2) is 25.7 Å². The number of nitrogens with one attached hydrogen (secondary N) is 1. The number of hydrogen-bond donors (Lipinski definition) is 2. The molecule has 0 aliphatic carbocycles. The number of amides is 1. The summed E-state index contributed by atoms with van der Waals surface area (Å²) >= 11 is 3.31. The van der Waals surface area contributed by atoms with Gasteiger partial charge in [-0.3, -0.25) is 19.6 Å². The Morgan fingerprint density at radius 3 is 2.77 bits per heavy atom. The fraction of sp³-hybridized carbons (Fsp3) is 0.231. The Labute approximate surface area is 134 Å². The van der Waals surface area contributed by atoms with Gasteiger partial charge in [0.05, 0.1) is 20.8 Å². The average molecular weight is 369 g/mol. The summed E-state index contributed by atoms with van der Waals surface area (Å²) in [4.78, 5) is 22.3. The number of aromatic hydroxyl groups is 1. The molecule has 0 radical (unpaired) electrons. The van der Waals surface area contributed by atoms with Gasteiger partial charge in [-0.1, -0.05) is 0 Å². The molecular formula is C13H13BrN4O4. The van der Waals surface area contributed by atoms with Crippen LogP contribution in [0.5, 0.6) is 5.75 Å². The van der Waals surface area contributed by atoms with Gasteiger partial charge in [-0.05, 0) is 35.8 Å². The molecule has 1 aromatic carbocycles. The first-order valence-electron chi connectivity index (χ1n) is 6.29. The quantitative estimate of drug-likeness (QED) is 0.489. The number of anilines is 1. The Hall–Kier alpha value is -2.42. The van der Waals surface area contributed by atoms with Gasteiger partial charge in [-0.2, -0.15) is 5.10 Å². The van der Waals surface area contributed by atoms with Gasteiger partial charge in [0, 0.05) is 18.3 Å². The molecule has 1 aromatic heterocycles. The number of phenolic OH excluding ortho intramolecular Hbond substituents is 1. The summed E-state index contributed by atoms with van der Waals surface area (Å²) in [5.74, 6) is -0.699. The van der Waals surface area contributed by atoms with E-state index in [9.17, 15) is 20.0 Å². The maximum atomic E-state index is 12.2. The van der Waals surface area contributed by atoms with Crippen LogP contribution < -0.4 is 5.32 Å². The van der Waals surface area contributed by atoms with Gasteiger partial charge < -0.3 is 10.4 Å². The van der Waals surface area contributed by atoms with Gasteiger partial charge in [0.25, 0.3) is 5.69 Å². The molecular weight excluding hydrogens is 356 g/mol. The smallest absolute Gasteiger partial charge is 0.271 e. The lowest BCUT2D eigenvalue weighted by Gasteiger charge is -2.13. The molecule has 0 fully saturated rings. The van der Waals surface area contributed by atoms with Crippen LogP contribution in [0, 0.1) is 17.0 Å². The maximum absolute atomic E-state index is 12.2. The number of carbonyl (C=O) groups is 1. The number of nitro benzene ring substituents is 1. The van der Waals surface area contributed by atoms with E-state index in [4.69, 9.17) is 0 Å². The molecule has 0 aliphatic rings. The third kappa shape index (κ3) is 3.25. The van der Waals surface area contributed by atoms with Crippen LogP contribution in [0.4, 0.5) is 11.4 Å². The summed E-state index contributed by atoms with van der Waals surface area (Å²) in [6.45, 7) is 3.42. The normalized spacial score (nSPS) is 12.0. The topological polar surface area (TPSA) is 110 Å². The molecule has 2 aromatic rings. The van der Waals surface area contributed by atoms with Crippen molar-refractivity contribution in [1.29, 1.82) is 0 Å². The van der Waals surface area contributed by atoms with E-state index in [0.717, 1.165) is 28.4 Å². The van der Waals surface area contributed by atoms with Crippen molar-refractivity contribution in [3.63, 3.8) is 0 Å². The van der Waals surface area contributed by atoms with Crippen LogP contribution in [-0.2, 0) is 4.79 Å². The summed E-state index contributed by atoms with van der Waals surface area (Å²) in [7, 11) is 0. The molecule has 1 unspecified atom stereocenters. The van der Waals surface area contributed by atoms with Gasteiger partial charge in [0.2, 0.25) is 5.91 Å². The van der Waals surface area contributed by atoms with Crippen molar-refractivity contribution < 1.29 is 14.8 Å². The number of rotatable bonds is 4. The van der Waals surface area contributed by atoms with E-state index < -0.39 is 16.9 Å². The molecule has 2 rings (SSSR count). The highest BCUT2D eigenvalue weighted by molar-refractivity contribution is 9.10. The van der Waals surface area contributed by atoms with E-state index in [1.165, 1.54) is 4.68 Å². The first-order chi connectivity index (χ1) is 10.3. The van der Waals surface area contributed by atoms with Crippen LogP contribution in [0.2, 0.25) is 0 Å². The number of halogens is 1. The van der Waals surface area contributed by atoms with Crippen LogP contribution in [0.25, 0.3) is 0 Å². The van der Waals surface area contributed by atoms with Gasteiger partial charge in [-0.25, -0.2) is 0 Å². The summed E-state index contributed by atoms with van der Waals surface area (Å²) in [6.07, 6.45) is 1.66. The largest absolute Gasteiger partial charge is 0.506 e. The number of nitrogens with zero attached hydrogens (tertiary/aromatic N) is 3. The van der Waals surface area contributed by atoms with Gasteiger partial charge in [0.15, 0.2) is 0 Å². The van der Waals surface area contributed by atoms with E-state index in [0.29, 0.717) is 0 Å². The number of hydrogen-bond acceptors (Lipinski definition) is 5. The minimum Gasteiger partial charge on any atom is -0.506 e. The zero-order valence-electron chi connectivity index (χ0n) is 11.8. The van der Waals surface area contributed by atoms with Crippen molar-refractivity contribution in [2.24, 2.45) is 0 Å². The third-order valence-electron chi connectivity index (χ3n) is 3.08. The highest BCUT2D eigenvalue weighted by Gasteiger charge is 2.19. The van der Waals surface area contributed by atoms with Gasteiger partial charge >= 0.3 is 0 Å². The summed E-state index contributed by atoms with van der Waals surface area (Å²) in [5.41, 5.74) is 0.491. The average Bonchev–Trinajstić information content (AvgIpc) is 2.79. The summed E-state index contributed by atoms with van der Waals surface area (Å²) in [5, 5.41) is 27.1. The number of carbonyl (C=O) groups excluding carboxylic acids is 1. The zero-order valence-corrected chi connectivity index (χ0v) is 13.4. The van der Waals surface area contributed by atoms with Crippen molar-refractivity contribution in [1.82, 2.24) is 9.78 Å². The molecule has 2 N–H and O–H groups in total. The molecule has 22 heavy (non-hydrogen) atoms. The zero-order chi connectivity index (χ0) is 16.4. The highest BCUT2D eigenvalue weighted by atomic mass is 79.9. The molecule has 8 nitrogen and oxygen atoms in total. The van der Waals surface area contributed by atoms with Crippen LogP contribution >= 0.6 is 15.9 Å². The van der Waals surface area contributed by atoms with Crippen LogP contribution in [0.1, 0.15) is 18.7 Å². The third-order valence-corrected chi connectivity index (χ3v) is 3.86. The van der Waals surface area contributed by atoms with Crippen molar-refractivity contribution >= 4 is 33.2 Å². The number of non-ortho nitro benzene ring substituents is 1. The number of aromatic nitrogens is 2. The molecule has 0 bridgehead atoms. The fourth-order valence-corrected chi connectivity index (χ4v) is 2.04. The minimum atomic E-state index is -0.649. The second-order valence-corrected chi connectivity index (χ2v) is 5.52. The first-order valence-corrected chi connectivity index (χ1v) is 7.08. The number of aryl methyl sites for hydroxylation is 1. The second kappa shape index (κ2) is 6.14. The summed E-state index contributed by atoms with van der Waals surface area (Å²) in [6, 6.07) is 2.77. The molecule has 9 heteroatoms. The van der Waals surface area contributed by atoms with Crippen molar-refractivity contribution in [3.05, 3.63) is 44.7 Å². The van der Waals surface area contributed by atoms with Gasteiger partial charge in [0.1, 0.15) is 11.8 Å². The minimum absolute atomic E-state index is 0.0195. The van der Waals surface area contributed by atoms with Crippen molar-refractivity contribution in [2.45, 2.75) is 19.9 Å². The fourth-order valence-electron chi connectivity index (χ4n) is 1.75.